The van der Waals surface area contributed by atoms with Gasteiger partial charge in [-0.3, -0.25) is 0 Å². The van der Waals surface area contributed by atoms with E-state index < -0.39 is 11.8 Å². The van der Waals surface area contributed by atoms with Crippen LogP contribution < -0.4 is 0 Å². The van der Waals surface area contributed by atoms with Crippen molar-refractivity contribution in [2.45, 2.75) is 25.6 Å². The maximum atomic E-state index is 11.3. The van der Waals surface area contributed by atoms with E-state index in [1.54, 1.807) is 0 Å². The number of esters is 1. The van der Waals surface area contributed by atoms with E-state index in [0.717, 1.165) is 0 Å². The van der Waals surface area contributed by atoms with Gasteiger partial charge in [0, 0.05) is 27.1 Å². The summed E-state index contributed by atoms with van der Waals surface area (Å²) in [6, 6.07) is 0. The number of ether oxygens (including phenoxy) is 3. The minimum Gasteiger partial charge on any atom is -0.465 e. The van der Waals surface area contributed by atoms with Crippen LogP contribution in [0.4, 0.5) is 0 Å². The molecule has 14 heavy (non-hydrogen) atoms. The molecule has 0 unspecified atom stereocenters. The van der Waals surface area contributed by atoms with Crippen molar-refractivity contribution in [1.29, 1.82) is 0 Å². The summed E-state index contributed by atoms with van der Waals surface area (Å²) in [7, 11) is 3.91. The van der Waals surface area contributed by atoms with Gasteiger partial charge in [-0.15, -0.1) is 0 Å². The van der Waals surface area contributed by atoms with Gasteiger partial charge in [-0.05, 0) is 6.92 Å². The lowest BCUT2D eigenvalue weighted by atomic mass is 10.1. The molecule has 0 aromatic heterocycles. The Morgan fingerprint density at radius 1 is 1.14 bits per heavy atom. The molecule has 0 amide bonds. The summed E-state index contributed by atoms with van der Waals surface area (Å²) in [6.07, 6.45) is 0.360. The van der Waals surface area contributed by atoms with Crippen LogP contribution in [0.3, 0.4) is 0 Å². The normalized spacial score (nSPS) is 11.1. The first kappa shape index (κ1) is 13.1. The Balaban J connectivity index is 4.52. The fraction of sp³-hybridized carbons (Fsp3) is 0.778. The quantitative estimate of drug-likeness (QED) is 0.466. The molecule has 82 valence electrons. The third-order valence-corrected chi connectivity index (χ3v) is 1.96. The third kappa shape index (κ3) is 3.08. The van der Waals surface area contributed by atoms with Gasteiger partial charge in [0.05, 0.1) is 7.11 Å². The Kier molecular flexibility index (Phi) is 5.34. The van der Waals surface area contributed by atoms with Crippen LogP contribution in [0.25, 0.3) is 0 Å². The Hall–Kier alpha value is -0.940. The van der Waals surface area contributed by atoms with Gasteiger partial charge in [0.25, 0.3) is 5.79 Å². The zero-order valence-corrected chi connectivity index (χ0v) is 8.96. The molecule has 0 saturated heterocycles. The van der Waals surface area contributed by atoms with Crippen molar-refractivity contribution in [1.82, 2.24) is 0 Å². The number of Topliss-reactive ketones (excluding diaryl/α,β-unsaturated/α-hetero) is 1. The first-order valence-corrected chi connectivity index (χ1v) is 4.20. The van der Waals surface area contributed by atoms with Gasteiger partial charge in [-0.25, -0.2) is 4.79 Å². The van der Waals surface area contributed by atoms with Crippen LogP contribution in [-0.2, 0) is 23.8 Å². The average Bonchev–Trinajstić information content (AvgIpc) is 2.19. The lowest BCUT2D eigenvalue weighted by molar-refractivity contribution is -0.230. The minimum absolute atomic E-state index is 0.0348. The molecule has 0 rings (SSSR count). The van der Waals surface area contributed by atoms with Crippen molar-refractivity contribution in [3.05, 3.63) is 0 Å². The summed E-state index contributed by atoms with van der Waals surface area (Å²) in [5.74, 6) is -2.13. The number of methoxy groups -OCH3 is 3. The van der Waals surface area contributed by atoms with E-state index in [1.807, 2.05) is 0 Å². The molecular formula is C9H16O5. The van der Waals surface area contributed by atoms with Crippen LogP contribution in [0, 0.1) is 0 Å². The SMILES string of the molecule is COC(=O)C(CCC(C)=O)(OC)OC. The molecule has 0 heterocycles. The van der Waals surface area contributed by atoms with Crippen molar-refractivity contribution in [3.8, 4) is 0 Å². The molecule has 0 aliphatic carbocycles. The van der Waals surface area contributed by atoms with Gasteiger partial charge >= 0.3 is 5.97 Å². The number of carbonyl (C=O) groups excluding carboxylic acids is 2. The second kappa shape index (κ2) is 5.72. The fourth-order valence-electron chi connectivity index (χ4n) is 1.05. The maximum absolute atomic E-state index is 11.3. The lowest BCUT2D eigenvalue weighted by Crippen LogP contribution is -2.43. The van der Waals surface area contributed by atoms with Gasteiger partial charge in [0.15, 0.2) is 0 Å². The van der Waals surface area contributed by atoms with E-state index in [-0.39, 0.29) is 18.6 Å². The molecule has 0 atom stereocenters. The molecular weight excluding hydrogens is 188 g/mol. The van der Waals surface area contributed by atoms with Crippen molar-refractivity contribution in [3.63, 3.8) is 0 Å². The Morgan fingerprint density at radius 3 is 1.93 bits per heavy atom. The smallest absolute Gasteiger partial charge is 0.366 e. The van der Waals surface area contributed by atoms with Gasteiger partial charge in [-0.2, -0.15) is 0 Å². The lowest BCUT2D eigenvalue weighted by Gasteiger charge is -2.27. The molecule has 0 saturated carbocycles. The van der Waals surface area contributed by atoms with Crippen LogP contribution >= 0.6 is 0 Å². The van der Waals surface area contributed by atoms with Crippen molar-refractivity contribution in [2.24, 2.45) is 0 Å². The summed E-state index contributed by atoms with van der Waals surface area (Å²) >= 11 is 0. The fourth-order valence-corrected chi connectivity index (χ4v) is 1.05. The highest BCUT2D eigenvalue weighted by atomic mass is 16.7. The van der Waals surface area contributed by atoms with E-state index in [2.05, 4.69) is 4.74 Å². The molecule has 0 bridgehead atoms. The Labute approximate surface area is 83.3 Å². The zero-order chi connectivity index (χ0) is 11.2. The number of carbonyl (C=O) groups is 2. The molecule has 0 aromatic rings. The molecule has 5 heteroatoms. The van der Waals surface area contributed by atoms with E-state index in [4.69, 9.17) is 9.47 Å². The Morgan fingerprint density at radius 2 is 1.64 bits per heavy atom. The molecule has 0 spiro atoms. The first-order valence-electron chi connectivity index (χ1n) is 4.20. The minimum atomic E-state index is -1.46. The molecule has 0 aliphatic heterocycles. The highest BCUT2D eigenvalue weighted by Crippen LogP contribution is 2.20. The summed E-state index contributed by atoms with van der Waals surface area (Å²) in [5.41, 5.74) is 0. The van der Waals surface area contributed by atoms with Crippen molar-refractivity contribution < 1.29 is 23.8 Å². The second-order valence-electron chi connectivity index (χ2n) is 2.85. The largest absolute Gasteiger partial charge is 0.465 e. The van der Waals surface area contributed by atoms with Gasteiger partial charge in [0.1, 0.15) is 5.78 Å². The summed E-state index contributed by atoms with van der Waals surface area (Å²) < 4.78 is 14.4. The first-order chi connectivity index (χ1) is 6.52. The molecule has 0 radical (unpaired) electrons. The Bertz CT molecular complexity index is 207. The van der Waals surface area contributed by atoms with E-state index in [9.17, 15) is 9.59 Å². The molecule has 0 N–H and O–H groups in total. The van der Waals surface area contributed by atoms with E-state index in [0.29, 0.717) is 0 Å². The van der Waals surface area contributed by atoms with E-state index in [1.165, 1.54) is 28.3 Å². The van der Waals surface area contributed by atoms with E-state index >= 15 is 0 Å². The number of hydrogen-bond acceptors (Lipinski definition) is 5. The van der Waals surface area contributed by atoms with Gasteiger partial charge < -0.3 is 19.0 Å². The standard InChI is InChI=1S/C9H16O5/c1-7(10)5-6-9(13-3,14-4)8(11)12-2/h5-6H2,1-4H3. The maximum Gasteiger partial charge on any atom is 0.366 e. The highest BCUT2D eigenvalue weighted by Gasteiger charge is 2.40. The number of rotatable bonds is 6. The van der Waals surface area contributed by atoms with Crippen molar-refractivity contribution in [2.75, 3.05) is 21.3 Å². The molecule has 0 aromatic carbocycles. The van der Waals surface area contributed by atoms with Crippen LogP contribution in [0.5, 0.6) is 0 Å². The monoisotopic (exact) mass is 204 g/mol. The van der Waals surface area contributed by atoms with Crippen LogP contribution in [0.2, 0.25) is 0 Å². The topological polar surface area (TPSA) is 61.8 Å². The number of ketones is 1. The van der Waals surface area contributed by atoms with Crippen LogP contribution in [0.1, 0.15) is 19.8 Å². The predicted molar refractivity (Wildman–Crippen MR) is 48.7 cm³/mol. The third-order valence-electron chi connectivity index (χ3n) is 1.96. The number of hydrogen-bond donors (Lipinski definition) is 0. The summed E-state index contributed by atoms with van der Waals surface area (Å²) in [4.78, 5) is 22.1. The van der Waals surface area contributed by atoms with Crippen molar-refractivity contribution >= 4 is 11.8 Å². The predicted octanol–water partition coefficient (Wildman–Crippen LogP) is 0.518. The average molecular weight is 204 g/mol. The highest BCUT2D eigenvalue weighted by molar-refractivity contribution is 5.80. The molecule has 0 aliphatic rings. The van der Waals surface area contributed by atoms with Crippen LogP contribution in [0.15, 0.2) is 0 Å². The van der Waals surface area contributed by atoms with Gasteiger partial charge in [0.2, 0.25) is 0 Å². The zero-order valence-electron chi connectivity index (χ0n) is 8.96. The summed E-state index contributed by atoms with van der Waals surface area (Å²) in [6.45, 7) is 1.44. The summed E-state index contributed by atoms with van der Waals surface area (Å²) in [5, 5.41) is 0. The van der Waals surface area contributed by atoms with Gasteiger partial charge in [-0.1, -0.05) is 0 Å². The molecule has 0 fully saturated rings. The second-order valence-corrected chi connectivity index (χ2v) is 2.85. The molecule has 5 nitrogen and oxygen atoms in total. The van der Waals surface area contributed by atoms with Crippen LogP contribution in [-0.4, -0.2) is 38.9 Å².